The van der Waals surface area contributed by atoms with E-state index in [2.05, 4.69) is 13.8 Å². The Bertz CT molecular complexity index is 649. The second-order valence-electron chi connectivity index (χ2n) is 7.75. The van der Waals surface area contributed by atoms with Gasteiger partial charge in [-0.3, -0.25) is 9.79 Å². The van der Waals surface area contributed by atoms with Crippen molar-refractivity contribution in [3.8, 4) is 0 Å². The van der Waals surface area contributed by atoms with Crippen LogP contribution in [-0.4, -0.2) is 16.6 Å². The third-order valence-electron chi connectivity index (χ3n) is 4.04. The van der Waals surface area contributed by atoms with Crippen molar-refractivity contribution in [2.75, 3.05) is 0 Å². The average molecular weight is 313 g/mol. The number of allylic oxidation sites excluding steroid dienone is 2. The van der Waals surface area contributed by atoms with Crippen molar-refractivity contribution in [3.63, 3.8) is 0 Å². The number of Topliss-reactive ketones (excluding diaryl/α,β-unsaturated/α-hetero) is 1. The van der Waals surface area contributed by atoms with Crippen molar-refractivity contribution < 1.29 is 9.90 Å². The summed E-state index contributed by atoms with van der Waals surface area (Å²) < 4.78 is 0. The van der Waals surface area contributed by atoms with Crippen molar-refractivity contribution in [2.45, 2.75) is 53.9 Å². The summed E-state index contributed by atoms with van der Waals surface area (Å²) >= 11 is 0. The van der Waals surface area contributed by atoms with Crippen LogP contribution in [0.1, 0.15) is 52.5 Å². The summed E-state index contributed by atoms with van der Waals surface area (Å²) in [6.07, 6.45) is 1.66. The minimum Gasteiger partial charge on any atom is -0.511 e. The number of benzene rings is 1. The van der Waals surface area contributed by atoms with E-state index in [4.69, 9.17) is 4.99 Å². The van der Waals surface area contributed by atoms with Crippen LogP contribution in [0.25, 0.3) is 0 Å². The highest BCUT2D eigenvalue weighted by Crippen LogP contribution is 2.37. The third-order valence-corrected chi connectivity index (χ3v) is 4.04. The Hall–Kier alpha value is -1.90. The molecule has 3 nitrogen and oxygen atoms in total. The van der Waals surface area contributed by atoms with E-state index < -0.39 is 0 Å². The zero-order chi connectivity index (χ0) is 17.2. The smallest absolute Gasteiger partial charge is 0.168 e. The fraction of sp³-hybridized carbons (Fsp3) is 0.500. The first-order valence-corrected chi connectivity index (χ1v) is 8.28. The van der Waals surface area contributed by atoms with Crippen molar-refractivity contribution >= 4 is 17.2 Å². The summed E-state index contributed by atoms with van der Waals surface area (Å²) in [5.41, 5.74) is 2.97. The van der Waals surface area contributed by atoms with Gasteiger partial charge >= 0.3 is 0 Å². The highest BCUT2D eigenvalue weighted by Gasteiger charge is 2.35. The third kappa shape index (κ3) is 4.54. The fourth-order valence-electron chi connectivity index (χ4n) is 2.98. The highest BCUT2D eigenvalue weighted by molar-refractivity contribution is 6.23. The predicted octanol–water partition coefficient (Wildman–Crippen LogP) is 5.31. The van der Waals surface area contributed by atoms with Gasteiger partial charge in [-0.25, -0.2) is 0 Å². The minimum absolute atomic E-state index is 0.00487. The average Bonchev–Trinajstić information content (AvgIpc) is 2.38. The molecule has 0 amide bonds. The summed E-state index contributed by atoms with van der Waals surface area (Å²) in [5, 5.41) is 10.5. The molecule has 3 heteroatoms. The fourth-order valence-corrected chi connectivity index (χ4v) is 2.98. The van der Waals surface area contributed by atoms with E-state index in [1.165, 1.54) is 5.56 Å². The lowest BCUT2D eigenvalue weighted by Crippen LogP contribution is -2.29. The quantitative estimate of drug-likeness (QED) is 0.765. The maximum Gasteiger partial charge on any atom is 0.168 e. The van der Waals surface area contributed by atoms with E-state index in [0.717, 1.165) is 5.69 Å². The summed E-state index contributed by atoms with van der Waals surface area (Å²) in [7, 11) is 0. The molecule has 1 aromatic carbocycles. The van der Waals surface area contributed by atoms with Crippen LogP contribution in [0.5, 0.6) is 0 Å². The second kappa shape index (κ2) is 6.69. The van der Waals surface area contributed by atoms with Crippen molar-refractivity contribution in [2.24, 2.45) is 16.3 Å². The van der Waals surface area contributed by atoms with E-state index in [9.17, 15) is 9.90 Å². The van der Waals surface area contributed by atoms with Gasteiger partial charge in [-0.2, -0.15) is 0 Å². The van der Waals surface area contributed by atoms with E-state index >= 15 is 0 Å². The number of rotatable bonds is 4. The molecule has 0 saturated heterocycles. The van der Waals surface area contributed by atoms with Crippen molar-refractivity contribution in [1.29, 1.82) is 0 Å². The normalized spacial score (nSPS) is 18.7. The number of nitrogens with zero attached hydrogens (tertiary/aromatic N) is 1. The summed E-state index contributed by atoms with van der Waals surface area (Å²) in [6.45, 7) is 10.2. The van der Waals surface area contributed by atoms with Gasteiger partial charge in [-0.15, -0.1) is 0 Å². The zero-order valence-corrected chi connectivity index (χ0v) is 14.8. The van der Waals surface area contributed by atoms with Crippen LogP contribution >= 0.6 is 0 Å². The van der Waals surface area contributed by atoms with Crippen molar-refractivity contribution in [1.82, 2.24) is 0 Å². The SMILES string of the molecule is Cc1ccc(N=C(CC(C)C)C2=C(O)CC(C)(C)CC2=O)cc1. The number of carbonyl (C=O) groups excluding carboxylic acids is 1. The first kappa shape index (κ1) is 17.5. The van der Waals surface area contributed by atoms with Gasteiger partial charge in [0.2, 0.25) is 0 Å². The summed E-state index contributed by atoms with van der Waals surface area (Å²) in [5.74, 6) is 0.560. The van der Waals surface area contributed by atoms with Gasteiger partial charge in [-0.05, 0) is 36.8 Å². The molecule has 0 aliphatic heterocycles. The Morgan fingerprint density at radius 1 is 1.22 bits per heavy atom. The molecule has 0 saturated carbocycles. The van der Waals surface area contributed by atoms with Crippen LogP contribution in [-0.2, 0) is 4.79 Å². The lowest BCUT2D eigenvalue weighted by Gasteiger charge is -2.30. The van der Waals surface area contributed by atoms with Gasteiger partial charge < -0.3 is 5.11 Å². The number of aliphatic imine (C=N–C) groups is 1. The molecule has 0 fully saturated rings. The Labute approximate surface area is 139 Å². The first-order chi connectivity index (χ1) is 10.7. The van der Waals surface area contributed by atoms with Gasteiger partial charge in [0.05, 0.1) is 17.0 Å². The number of hydrogen-bond donors (Lipinski definition) is 1. The van der Waals surface area contributed by atoms with Gasteiger partial charge in [0, 0.05) is 12.8 Å². The maximum atomic E-state index is 12.6. The molecule has 1 N–H and O–H groups in total. The lowest BCUT2D eigenvalue weighted by atomic mass is 9.75. The van der Waals surface area contributed by atoms with Crippen molar-refractivity contribution in [3.05, 3.63) is 41.2 Å². The second-order valence-corrected chi connectivity index (χ2v) is 7.75. The number of aryl methyl sites for hydroxylation is 1. The van der Waals surface area contributed by atoms with Crippen LogP contribution in [0, 0.1) is 18.3 Å². The molecule has 0 aromatic heterocycles. The van der Waals surface area contributed by atoms with E-state index in [-0.39, 0.29) is 17.0 Å². The van der Waals surface area contributed by atoms with Gasteiger partial charge in [0.15, 0.2) is 5.78 Å². The number of ketones is 1. The van der Waals surface area contributed by atoms with Gasteiger partial charge in [-0.1, -0.05) is 45.4 Å². The van der Waals surface area contributed by atoms with E-state index in [0.29, 0.717) is 36.5 Å². The summed E-state index contributed by atoms with van der Waals surface area (Å²) in [6, 6.07) is 7.91. The molecule has 0 bridgehead atoms. The van der Waals surface area contributed by atoms with Crippen LogP contribution in [0.2, 0.25) is 0 Å². The standard InChI is InChI=1S/C20H27NO2/c1-13(2)10-16(21-15-8-6-14(3)7-9-15)19-17(22)11-20(4,5)12-18(19)23/h6-9,13,22H,10-12H2,1-5H3. The zero-order valence-electron chi connectivity index (χ0n) is 14.8. The molecule has 0 spiro atoms. The number of hydrogen-bond acceptors (Lipinski definition) is 3. The number of carbonyl (C=O) groups is 1. The Balaban J connectivity index is 2.46. The highest BCUT2D eigenvalue weighted by atomic mass is 16.3. The summed E-state index contributed by atoms with van der Waals surface area (Å²) in [4.78, 5) is 17.3. The molecule has 0 radical (unpaired) electrons. The predicted molar refractivity (Wildman–Crippen MR) is 95.4 cm³/mol. The van der Waals surface area contributed by atoms with Crippen LogP contribution < -0.4 is 0 Å². The van der Waals surface area contributed by atoms with Gasteiger partial charge in [0.1, 0.15) is 5.76 Å². The maximum absolute atomic E-state index is 12.6. The van der Waals surface area contributed by atoms with E-state index in [1.54, 1.807) is 0 Å². The first-order valence-electron chi connectivity index (χ1n) is 8.28. The number of aliphatic hydroxyl groups is 1. The molecule has 1 aliphatic carbocycles. The van der Waals surface area contributed by atoms with Crippen LogP contribution in [0.3, 0.4) is 0 Å². The van der Waals surface area contributed by atoms with Crippen LogP contribution in [0.15, 0.2) is 40.6 Å². The molecule has 1 aliphatic rings. The monoisotopic (exact) mass is 313 g/mol. The topological polar surface area (TPSA) is 49.7 Å². The lowest BCUT2D eigenvalue weighted by molar-refractivity contribution is -0.117. The van der Waals surface area contributed by atoms with E-state index in [1.807, 2.05) is 45.0 Å². The molecule has 23 heavy (non-hydrogen) atoms. The minimum atomic E-state index is -0.183. The molecule has 1 aromatic rings. The number of aliphatic hydroxyl groups excluding tert-OH is 1. The van der Waals surface area contributed by atoms with Crippen LogP contribution in [0.4, 0.5) is 5.69 Å². The van der Waals surface area contributed by atoms with Gasteiger partial charge in [0.25, 0.3) is 0 Å². The molecule has 124 valence electrons. The Morgan fingerprint density at radius 3 is 2.35 bits per heavy atom. The largest absolute Gasteiger partial charge is 0.511 e. The Kier molecular flexibility index (Phi) is 5.08. The molecular weight excluding hydrogens is 286 g/mol. The molecular formula is C20H27NO2. The molecule has 0 unspecified atom stereocenters. The molecule has 0 atom stereocenters. The molecule has 0 heterocycles. The Morgan fingerprint density at radius 2 is 1.83 bits per heavy atom. The molecule has 2 rings (SSSR count).